The van der Waals surface area contributed by atoms with Gasteiger partial charge in [-0.25, -0.2) is 0 Å². The maximum Gasteiger partial charge on any atom is 0.119 e. The van der Waals surface area contributed by atoms with Gasteiger partial charge in [0.15, 0.2) is 0 Å². The summed E-state index contributed by atoms with van der Waals surface area (Å²) in [5.74, 6) is 0.593. The number of methoxy groups -OCH3 is 1. The Balaban J connectivity index is 2.45. The van der Waals surface area contributed by atoms with Crippen molar-refractivity contribution in [3.8, 4) is 5.75 Å². The Kier molecular flexibility index (Phi) is 4.09. The van der Waals surface area contributed by atoms with E-state index in [1.807, 2.05) is 38.1 Å². The van der Waals surface area contributed by atoms with E-state index in [2.05, 4.69) is 0 Å². The second kappa shape index (κ2) is 5.35. The van der Waals surface area contributed by atoms with Gasteiger partial charge in [-0.05, 0) is 44.4 Å². The average Bonchev–Trinajstić information content (AvgIpc) is 2.37. The highest BCUT2D eigenvalue weighted by Gasteiger charge is 2.48. The lowest BCUT2D eigenvalue weighted by Crippen LogP contribution is -2.55. The lowest BCUT2D eigenvalue weighted by molar-refractivity contribution is -0.113. The number of ether oxygens (including phenoxy) is 1. The van der Waals surface area contributed by atoms with Crippen LogP contribution in [-0.2, 0) is 5.60 Å². The predicted octanol–water partition coefficient (Wildman–Crippen LogP) is 1.78. The fourth-order valence-electron chi connectivity index (χ4n) is 3.40. The second-order valence-electron chi connectivity index (χ2n) is 6.47. The molecule has 2 rings (SSSR count). The van der Waals surface area contributed by atoms with Crippen LogP contribution in [0.2, 0.25) is 0 Å². The first-order valence-electron chi connectivity index (χ1n) is 7.11. The van der Waals surface area contributed by atoms with Gasteiger partial charge in [0.1, 0.15) is 5.75 Å². The third-order valence-electron chi connectivity index (χ3n) is 4.38. The van der Waals surface area contributed by atoms with Crippen LogP contribution in [0.15, 0.2) is 24.3 Å². The van der Waals surface area contributed by atoms with Crippen LogP contribution >= 0.6 is 0 Å². The average molecular weight is 279 g/mol. The molecule has 1 aliphatic rings. The lowest BCUT2D eigenvalue weighted by Gasteiger charge is -2.48. The number of aliphatic hydroxyl groups excluding tert-OH is 1. The van der Waals surface area contributed by atoms with Crippen molar-refractivity contribution in [2.75, 3.05) is 7.11 Å². The van der Waals surface area contributed by atoms with Gasteiger partial charge in [-0.1, -0.05) is 12.1 Å². The standard InChI is InChI=1S/C16H25NO3/c1-15(2,17)14-8-7-12(18)10-16(14,19)11-5-4-6-13(9-11)20-3/h4-6,9,12,14,18-19H,7-8,10,17H2,1-3H3/t12-,14-,16+/m1/s1. The first-order chi connectivity index (χ1) is 9.27. The summed E-state index contributed by atoms with van der Waals surface area (Å²) in [6, 6.07) is 7.40. The molecule has 0 spiro atoms. The van der Waals surface area contributed by atoms with Crippen LogP contribution in [0.5, 0.6) is 5.75 Å². The molecule has 0 bridgehead atoms. The van der Waals surface area contributed by atoms with Crippen molar-refractivity contribution in [3.05, 3.63) is 29.8 Å². The smallest absolute Gasteiger partial charge is 0.119 e. The van der Waals surface area contributed by atoms with E-state index >= 15 is 0 Å². The molecule has 0 unspecified atom stereocenters. The molecule has 1 saturated carbocycles. The van der Waals surface area contributed by atoms with Crippen molar-refractivity contribution in [1.29, 1.82) is 0 Å². The van der Waals surface area contributed by atoms with E-state index in [0.29, 0.717) is 25.0 Å². The Labute approximate surface area is 120 Å². The molecule has 1 aromatic rings. The van der Waals surface area contributed by atoms with Crippen molar-refractivity contribution in [2.24, 2.45) is 11.7 Å². The molecular weight excluding hydrogens is 254 g/mol. The molecule has 1 aromatic carbocycles. The number of aliphatic hydroxyl groups is 2. The van der Waals surface area contributed by atoms with Crippen LogP contribution in [0, 0.1) is 5.92 Å². The molecule has 4 heteroatoms. The fourth-order valence-corrected chi connectivity index (χ4v) is 3.40. The van der Waals surface area contributed by atoms with E-state index in [9.17, 15) is 10.2 Å². The van der Waals surface area contributed by atoms with Crippen molar-refractivity contribution >= 4 is 0 Å². The molecule has 0 saturated heterocycles. The largest absolute Gasteiger partial charge is 0.497 e. The molecule has 1 aliphatic carbocycles. The summed E-state index contributed by atoms with van der Waals surface area (Å²) in [6.07, 6.45) is 1.20. The second-order valence-corrected chi connectivity index (χ2v) is 6.47. The molecule has 0 aliphatic heterocycles. The summed E-state index contributed by atoms with van der Waals surface area (Å²) in [5, 5.41) is 21.2. The van der Waals surface area contributed by atoms with Crippen LogP contribution in [0.4, 0.5) is 0 Å². The van der Waals surface area contributed by atoms with Gasteiger partial charge in [0.2, 0.25) is 0 Å². The van der Waals surface area contributed by atoms with Crippen LogP contribution in [0.3, 0.4) is 0 Å². The van der Waals surface area contributed by atoms with E-state index in [1.165, 1.54) is 0 Å². The Morgan fingerprint density at radius 3 is 2.65 bits per heavy atom. The highest BCUT2D eigenvalue weighted by molar-refractivity contribution is 5.34. The Morgan fingerprint density at radius 1 is 1.35 bits per heavy atom. The van der Waals surface area contributed by atoms with Crippen molar-refractivity contribution in [3.63, 3.8) is 0 Å². The number of benzene rings is 1. The van der Waals surface area contributed by atoms with Gasteiger partial charge in [-0.15, -0.1) is 0 Å². The lowest BCUT2D eigenvalue weighted by atomic mass is 9.64. The van der Waals surface area contributed by atoms with Crippen molar-refractivity contribution in [1.82, 2.24) is 0 Å². The van der Waals surface area contributed by atoms with Crippen LogP contribution < -0.4 is 10.5 Å². The highest BCUT2D eigenvalue weighted by Crippen LogP contribution is 2.46. The van der Waals surface area contributed by atoms with Gasteiger partial charge in [0.05, 0.1) is 18.8 Å². The maximum atomic E-state index is 11.2. The molecule has 0 amide bonds. The zero-order valence-electron chi connectivity index (χ0n) is 12.5. The molecule has 4 N–H and O–H groups in total. The fraction of sp³-hybridized carbons (Fsp3) is 0.625. The van der Waals surface area contributed by atoms with Gasteiger partial charge in [0, 0.05) is 17.9 Å². The third-order valence-corrected chi connectivity index (χ3v) is 4.38. The minimum atomic E-state index is -1.12. The topological polar surface area (TPSA) is 75.7 Å². The molecule has 112 valence electrons. The summed E-state index contributed by atoms with van der Waals surface area (Å²) in [5.41, 5.74) is 5.39. The van der Waals surface area contributed by atoms with E-state index in [0.717, 1.165) is 5.56 Å². The number of nitrogens with two attached hydrogens (primary N) is 1. The summed E-state index contributed by atoms with van der Waals surface area (Å²) >= 11 is 0. The molecule has 1 fully saturated rings. The number of hydrogen-bond acceptors (Lipinski definition) is 4. The quantitative estimate of drug-likeness (QED) is 0.788. The van der Waals surface area contributed by atoms with Gasteiger partial charge in [-0.2, -0.15) is 0 Å². The van der Waals surface area contributed by atoms with E-state index in [1.54, 1.807) is 7.11 Å². The SMILES string of the molecule is COc1cccc([C@@]2(O)C[C@H](O)CC[C@@H]2C(C)(C)N)c1. The van der Waals surface area contributed by atoms with E-state index in [4.69, 9.17) is 10.5 Å². The monoisotopic (exact) mass is 279 g/mol. The summed E-state index contributed by atoms with van der Waals surface area (Å²) in [6.45, 7) is 3.86. The van der Waals surface area contributed by atoms with E-state index < -0.39 is 17.2 Å². The van der Waals surface area contributed by atoms with Crippen molar-refractivity contribution < 1.29 is 14.9 Å². The predicted molar refractivity (Wildman–Crippen MR) is 78.5 cm³/mol. The zero-order chi connectivity index (χ0) is 15.0. The minimum absolute atomic E-state index is 0.106. The van der Waals surface area contributed by atoms with Gasteiger partial charge >= 0.3 is 0 Å². The van der Waals surface area contributed by atoms with Crippen LogP contribution in [0.1, 0.15) is 38.7 Å². The van der Waals surface area contributed by atoms with Gasteiger partial charge in [0.25, 0.3) is 0 Å². The summed E-state index contributed by atoms with van der Waals surface area (Å²) in [7, 11) is 1.60. The first-order valence-corrected chi connectivity index (χ1v) is 7.11. The van der Waals surface area contributed by atoms with Crippen LogP contribution in [0.25, 0.3) is 0 Å². The third kappa shape index (κ3) is 2.82. The Morgan fingerprint density at radius 2 is 2.05 bits per heavy atom. The zero-order valence-corrected chi connectivity index (χ0v) is 12.5. The maximum absolute atomic E-state index is 11.2. The molecule has 0 heterocycles. The summed E-state index contributed by atoms with van der Waals surface area (Å²) < 4.78 is 5.23. The molecule has 0 aromatic heterocycles. The molecule has 3 atom stereocenters. The molecular formula is C16H25NO3. The Bertz CT molecular complexity index is 469. The number of rotatable bonds is 3. The van der Waals surface area contributed by atoms with E-state index in [-0.39, 0.29) is 5.92 Å². The molecule has 20 heavy (non-hydrogen) atoms. The Hall–Kier alpha value is -1.10. The first kappa shape index (κ1) is 15.3. The molecule has 0 radical (unpaired) electrons. The van der Waals surface area contributed by atoms with Gasteiger partial charge in [-0.3, -0.25) is 0 Å². The normalized spacial score (nSPS) is 31.1. The highest BCUT2D eigenvalue weighted by atomic mass is 16.5. The summed E-state index contributed by atoms with van der Waals surface area (Å²) in [4.78, 5) is 0. The molecule has 4 nitrogen and oxygen atoms in total. The minimum Gasteiger partial charge on any atom is -0.497 e. The van der Waals surface area contributed by atoms with Gasteiger partial charge < -0.3 is 20.7 Å². The van der Waals surface area contributed by atoms with Crippen LogP contribution in [-0.4, -0.2) is 29.0 Å². The van der Waals surface area contributed by atoms with Crippen molar-refractivity contribution in [2.45, 2.75) is 50.4 Å². The number of hydrogen-bond donors (Lipinski definition) is 3.